The Labute approximate surface area is 111 Å². The molecule has 0 fully saturated rings. The lowest BCUT2D eigenvalue weighted by Gasteiger charge is -2.09. The van der Waals surface area contributed by atoms with E-state index in [2.05, 4.69) is 30.2 Å². The highest BCUT2D eigenvalue weighted by Crippen LogP contribution is 2.19. The first-order chi connectivity index (χ1) is 9.65. The van der Waals surface area contributed by atoms with Crippen molar-refractivity contribution in [1.82, 2.24) is 29.5 Å². The third kappa shape index (κ3) is 2.11. The van der Waals surface area contributed by atoms with Crippen molar-refractivity contribution in [2.24, 2.45) is 0 Å². The van der Waals surface area contributed by atoms with Gasteiger partial charge in [0.15, 0.2) is 11.5 Å². The highest BCUT2D eigenvalue weighted by Gasteiger charge is 2.13. The van der Waals surface area contributed by atoms with Crippen molar-refractivity contribution >= 4 is 22.9 Å². The van der Waals surface area contributed by atoms with Gasteiger partial charge in [0.25, 0.3) is 0 Å². The predicted octanol–water partition coefficient (Wildman–Crippen LogP) is 1.14. The number of imidazole rings is 2. The first-order valence-corrected chi connectivity index (χ1v) is 5.65. The Kier molecular flexibility index (Phi) is 2.89. The standard InChI is InChI=1S/C10H10F2N8/c11-9(12)20-2-1-14-5(20)3-15-7-6-8(17-4-16-6)19-10(13)18-7/h1-2,4,9H,3H2,(H4,13,15,16,17,18,19). The molecule has 3 heterocycles. The van der Waals surface area contributed by atoms with Crippen LogP contribution in [0.25, 0.3) is 11.2 Å². The van der Waals surface area contributed by atoms with Crippen LogP contribution in [-0.4, -0.2) is 29.5 Å². The third-order valence-electron chi connectivity index (χ3n) is 2.68. The number of nitrogens with zero attached hydrogens (tertiary/aromatic N) is 5. The number of aromatic amines is 1. The van der Waals surface area contributed by atoms with E-state index in [0.29, 0.717) is 17.0 Å². The summed E-state index contributed by atoms with van der Waals surface area (Å²) in [7, 11) is 0. The van der Waals surface area contributed by atoms with Crippen molar-refractivity contribution in [2.45, 2.75) is 13.1 Å². The van der Waals surface area contributed by atoms with E-state index in [1.165, 1.54) is 18.7 Å². The molecule has 0 radical (unpaired) electrons. The topological polar surface area (TPSA) is 110 Å². The maximum Gasteiger partial charge on any atom is 0.319 e. The summed E-state index contributed by atoms with van der Waals surface area (Å²) in [5, 5.41) is 2.89. The summed E-state index contributed by atoms with van der Waals surface area (Å²) >= 11 is 0. The number of nitrogens with two attached hydrogens (primary N) is 1. The fourth-order valence-corrected chi connectivity index (χ4v) is 1.80. The van der Waals surface area contributed by atoms with Crippen LogP contribution in [0.4, 0.5) is 20.5 Å². The second kappa shape index (κ2) is 4.72. The fourth-order valence-electron chi connectivity index (χ4n) is 1.80. The van der Waals surface area contributed by atoms with E-state index in [1.54, 1.807) is 0 Å². The fraction of sp³-hybridized carbons (Fsp3) is 0.200. The van der Waals surface area contributed by atoms with Crippen LogP contribution in [0.2, 0.25) is 0 Å². The first-order valence-electron chi connectivity index (χ1n) is 5.65. The van der Waals surface area contributed by atoms with E-state index in [0.717, 1.165) is 4.57 Å². The van der Waals surface area contributed by atoms with Crippen LogP contribution >= 0.6 is 0 Å². The highest BCUT2D eigenvalue weighted by atomic mass is 19.3. The molecule has 104 valence electrons. The molecule has 0 saturated heterocycles. The Balaban J connectivity index is 1.86. The molecule has 3 rings (SSSR count). The van der Waals surface area contributed by atoms with Crippen LogP contribution in [0.5, 0.6) is 0 Å². The summed E-state index contributed by atoms with van der Waals surface area (Å²) < 4.78 is 26.1. The minimum atomic E-state index is -2.64. The van der Waals surface area contributed by atoms with Crippen LogP contribution in [0.1, 0.15) is 12.4 Å². The number of halogens is 2. The molecular formula is C10H10F2N8. The molecule has 0 spiro atoms. The van der Waals surface area contributed by atoms with Crippen LogP contribution in [-0.2, 0) is 6.54 Å². The summed E-state index contributed by atoms with van der Waals surface area (Å²) in [4.78, 5) is 18.6. The zero-order valence-electron chi connectivity index (χ0n) is 10.1. The molecule has 0 unspecified atom stereocenters. The van der Waals surface area contributed by atoms with E-state index in [9.17, 15) is 8.78 Å². The third-order valence-corrected chi connectivity index (χ3v) is 2.68. The van der Waals surface area contributed by atoms with Crippen molar-refractivity contribution in [3.8, 4) is 0 Å². The van der Waals surface area contributed by atoms with Gasteiger partial charge in [-0.25, -0.2) is 9.97 Å². The number of hydrogen-bond acceptors (Lipinski definition) is 6. The van der Waals surface area contributed by atoms with Gasteiger partial charge in [-0.2, -0.15) is 18.7 Å². The smallest absolute Gasteiger partial charge is 0.319 e. The Morgan fingerprint density at radius 1 is 1.35 bits per heavy atom. The summed E-state index contributed by atoms with van der Waals surface area (Å²) in [5.74, 6) is 0.614. The maximum absolute atomic E-state index is 12.7. The van der Waals surface area contributed by atoms with Crippen molar-refractivity contribution in [2.75, 3.05) is 11.1 Å². The lowest BCUT2D eigenvalue weighted by molar-refractivity contribution is 0.0673. The van der Waals surface area contributed by atoms with Gasteiger partial charge in [0.1, 0.15) is 11.3 Å². The molecule has 3 aromatic heterocycles. The van der Waals surface area contributed by atoms with Crippen molar-refractivity contribution in [3.05, 3.63) is 24.5 Å². The molecule has 0 aliphatic heterocycles. The van der Waals surface area contributed by atoms with Gasteiger partial charge < -0.3 is 16.0 Å². The van der Waals surface area contributed by atoms with Gasteiger partial charge >= 0.3 is 6.55 Å². The molecule has 0 atom stereocenters. The maximum atomic E-state index is 12.7. The van der Waals surface area contributed by atoms with E-state index in [4.69, 9.17) is 5.73 Å². The van der Waals surface area contributed by atoms with Gasteiger partial charge in [0.2, 0.25) is 5.95 Å². The molecule has 0 aromatic carbocycles. The largest absolute Gasteiger partial charge is 0.368 e. The SMILES string of the molecule is Nc1nc(NCc2nccn2C(F)F)c2[nH]cnc2n1. The number of rotatable bonds is 4. The van der Waals surface area contributed by atoms with Crippen molar-refractivity contribution in [1.29, 1.82) is 0 Å². The molecule has 0 bridgehead atoms. The van der Waals surface area contributed by atoms with Crippen LogP contribution in [0, 0.1) is 0 Å². The predicted molar refractivity (Wildman–Crippen MR) is 66.9 cm³/mol. The number of alkyl halides is 2. The summed E-state index contributed by atoms with van der Waals surface area (Å²) in [6.07, 6.45) is 3.97. The second-order valence-electron chi connectivity index (χ2n) is 3.91. The Bertz CT molecular complexity index is 734. The molecule has 0 saturated carbocycles. The number of aromatic nitrogens is 6. The Hall–Kier alpha value is -2.78. The van der Waals surface area contributed by atoms with Gasteiger partial charge in [-0.05, 0) is 0 Å². The van der Waals surface area contributed by atoms with Gasteiger partial charge in [-0.3, -0.25) is 4.57 Å². The molecule has 3 aromatic rings. The molecule has 0 aliphatic rings. The average Bonchev–Trinajstić information content (AvgIpc) is 3.03. The molecule has 20 heavy (non-hydrogen) atoms. The van der Waals surface area contributed by atoms with Crippen LogP contribution in [0.15, 0.2) is 18.7 Å². The monoisotopic (exact) mass is 280 g/mol. The van der Waals surface area contributed by atoms with Crippen LogP contribution < -0.4 is 11.1 Å². The minimum Gasteiger partial charge on any atom is -0.368 e. The number of H-pyrrole nitrogens is 1. The summed E-state index contributed by atoms with van der Waals surface area (Å²) in [6, 6.07) is 0. The second-order valence-corrected chi connectivity index (χ2v) is 3.91. The quantitative estimate of drug-likeness (QED) is 0.661. The number of nitrogen functional groups attached to an aromatic ring is 1. The molecule has 0 aliphatic carbocycles. The van der Waals surface area contributed by atoms with Gasteiger partial charge in [0, 0.05) is 12.4 Å². The molecule has 8 nitrogen and oxygen atoms in total. The Morgan fingerprint density at radius 3 is 3.00 bits per heavy atom. The lowest BCUT2D eigenvalue weighted by Crippen LogP contribution is -2.11. The van der Waals surface area contributed by atoms with Crippen molar-refractivity contribution in [3.63, 3.8) is 0 Å². The van der Waals surface area contributed by atoms with E-state index in [1.807, 2.05) is 0 Å². The average molecular weight is 280 g/mol. The zero-order chi connectivity index (χ0) is 14.1. The lowest BCUT2D eigenvalue weighted by atomic mass is 10.4. The number of anilines is 2. The van der Waals surface area contributed by atoms with Crippen LogP contribution in [0.3, 0.4) is 0 Å². The number of fused-ring (bicyclic) bond motifs is 1. The van der Waals surface area contributed by atoms with Gasteiger partial charge in [-0.15, -0.1) is 0 Å². The Morgan fingerprint density at radius 2 is 2.20 bits per heavy atom. The van der Waals surface area contributed by atoms with E-state index in [-0.39, 0.29) is 18.3 Å². The number of nitrogens with one attached hydrogen (secondary N) is 2. The highest BCUT2D eigenvalue weighted by molar-refractivity contribution is 5.83. The summed E-state index contributed by atoms with van der Waals surface area (Å²) in [5.41, 5.74) is 6.50. The summed E-state index contributed by atoms with van der Waals surface area (Å²) in [6.45, 7) is -2.57. The molecule has 10 heteroatoms. The zero-order valence-corrected chi connectivity index (χ0v) is 10.1. The molecular weight excluding hydrogens is 270 g/mol. The van der Waals surface area contributed by atoms with E-state index < -0.39 is 6.55 Å². The van der Waals surface area contributed by atoms with E-state index >= 15 is 0 Å². The van der Waals surface area contributed by atoms with Gasteiger partial charge in [-0.1, -0.05) is 0 Å². The number of hydrogen-bond donors (Lipinski definition) is 3. The molecule has 0 amide bonds. The first kappa shape index (κ1) is 12.3. The van der Waals surface area contributed by atoms with Gasteiger partial charge in [0.05, 0.1) is 12.9 Å². The molecule has 4 N–H and O–H groups in total. The normalized spacial score (nSPS) is 11.3. The van der Waals surface area contributed by atoms with Crippen molar-refractivity contribution < 1.29 is 8.78 Å². The minimum absolute atomic E-state index is 0.0456.